The van der Waals surface area contributed by atoms with Gasteiger partial charge in [0.05, 0.1) is 5.94 Å². The van der Waals surface area contributed by atoms with Crippen LogP contribution in [-0.4, -0.2) is 52.4 Å². The predicted octanol–water partition coefficient (Wildman–Crippen LogP) is 1.99. The summed E-state index contributed by atoms with van der Waals surface area (Å²) in [7, 11) is -1.67. The fourth-order valence-corrected chi connectivity index (χ4v) is 3.89. The van der Waals surface area contributed by atoms with E-state index in [1.165, 1.54) is 0 Å². The number of hydrogen-bond donors (Lipinski definition) is 3. The zero-order chi connectivity index (χ0) is 22.8. The summed E-state index contributed by atoms with van der Waals surface area (Å²) in [5.74, 6) is -1.27. The maximum absolute atomic E-state index is 12.9. The van der Waals surface area contributed by atoms with Crippen LogP contribution in [0.2, 0.25) is 0 Å². The Kier molecular flexibility index (Phi) is 9.76. The molecular formula is C23H32BN3O4. The molecule has 0 saturated carbocycles. The molecule has 1 aromatic carbocycles. The number of rotatable bonds is 9. The van der Waals surface area contributed by atoms with Crippen molar-refractivity contribution in [2.24, 2.45) is 5.92 Å². The first-order chi connectivity index (χ1) is 14.8. The molecule has 0 bridgehead atoms. The van der Waals surface area contributed by atoms with E-state index in [-0.39, 0.29) is 35.8 Å². The molecule has 166 valence electrons. The number of likely N-dealkylation sites (tertiary alicyclic amines) is 1. The summed E-state index contributed by atoms with van der Waals surface area (Å²) >= 11 is 0. The first-order valence-electron chi connectivity index (χ1n) is 10.9. The third-order valence-corrected chi connectivity index (χ3v) is 5.45. The van der Waals surface area contributed by atoms with Gasteiger partial charge in [-0.2, -0.15) is 5.26 Å². The normalized spacial score (nSPS) is 17.7. The highest BCUT2D eigenvalue weighted by Gasteiger charge is 2.30. The molecule has 1 fully saturated rings. The predicted molar refractivity (Wildman–Crippen MR) is 119 cm³/mol. The molecule has 7 nitrogen and oxygen atoms in total. The van der Waals surface area contributed by atoms with Gasteiger partial charge >= 0.3 is 7.12 Å². The topological polar surface area (TPSA) is 114 Å². The standard InChI is InChI=1S/C23H32BN3O4/c1-17(2)14-19(16-25)23(29)27-13-7-6-10-20(27)11-12-22(28)26-21(24(30)31)15-18-8-4-3-5-9-18/h3-5,8-9,14,17,20-21,30-31H,6-7,10-13,15H2,1-2H3,(H,26,28)/t20-,21?/m0/s1. The molecule has 1 heterocycles. The van der Waals surface area contributed by atoms with Gasteiger partial charge in [0, 0.05) is 19.0 Å². The second-order valence-electron chi connectivity index (χ2n) is 8.40. The molecule has 3 N–H and O–H groups in total. The maximum Gasteiger partial charge on any atom is 0.475 e. The van der Waals surface area contributed by atoms with E-state index in [9.17, 15) is 24.9 Å². The average molecular weight is 425 g/mol. The van der Waals surface area contributed by atoms with Crippen LogP contribution in [0.1, 0.15) is 51.5 Å². The third-order valence-electron chi connectivity index (χ3n) is 5.45. The number of hydrogen-bond acceptors (Lipinski definition) is 5. The third kappa shape index (κ3) is 7.85. The Morgan fingerprint density at radius 1 is 1.29 bits per heavy atom. The van der Waals surface area contributed by atoms with E-state index in [0.29, 0.717) is 19.4 Å². The molecule has 31 heavy (non-hydrogen) atoms. The summed E-state index contributed by atoms with van der Waals surface area (Å²) in [4.78, 5) is 27.1. The van der Waals surface area contributed by atoms with Crippen molar-refractivity contribution in [1.29, 1.82) is 5.26 Å². The Labute approximate surface area is 184 Å². The van der Waals surface area contributed by atoms with Gasteiger partial charge in [-0.15, -0.1) is 0 Å². The summed E-state index contributed by atoms with van der Waals surface area (Å²) < 4.78 is 0. The van der Waals surface area contributed by atoms with Crippen LogP contribution in [0.25, 0.3) is 0 Å². The molecular weight excluding hydrogens is 393 g/mol. The van der Waals surface area contributed by atoms with Gasteiger partial charge in [0.15, 0.2) is 0 Å². The Hall–Kier alpha value is -2.63. The molecule has 1 aliphatic heterocycles. The van der Waals surface area contributed by atoms with Crippen LogP contribution >= 0.6 is 0 Å². The van der Waals surface area contributed by atoms with Gasteiger partial charge in [-0.1, -0.05) is 50.3 Å². The largest absolute Gasteiger partial charge is 0.475 e. The van der Waals surface area contributed by atoms with Crippen molar-refractivity contribution >= 4 is 18.9 Å². The van der Waals surface area contributed by atoms with Crippen molar-refractivity contribution in [2.45, 2.75) is 64.4 Å². The second-order valence-corrected chi connectivity index (χ2v) is 8.40. The lowest BCUT2D eigenvalue weighted by Crippen LogP contribution is -2.48. The minimum atomic E-state index is -1.67. The minimum absolute atomic E-state index is 0.0964. The van der Waals surface area contributed by atoms with Crippen LogP contribution in [0.15, 0.2) is 42.0 Å². The summed E-state index contributed by atoms with van der Waals surface area (Å²) in [6.45, 7) is 4.42. The molecule has 0 radical (unpaired) electrons. The van der Waals surface area contributed by atoms with E-state index in [1.807, 2.05) is 50.2 Å². The molecule has 2 amide bonds. The van der Waals surface area contributed by atoms with Crippen molar-refractivity contribution in [2.75, 3.05) is 6.54 Å². The number of amides is 2. The Balaban J connectivity index is 1.96. The van der Waals surface area contributed by atoms with Crippen LogP contribution in [0.5, 0.6) is 0 Å². The molecule has 2 rings (SSSR count). The molecule has 0 aromatic heterocycles. The summed E-state index contributed by atoms with van der Waals surface area (Å²) in [5.41, 5.74) is 1.05. The first kappa shape index (κ1) is 24.6. The number of nitrogens with one attached hydrogen (secondary N) is 1. The molecule has 1 aromatic rings. The quantitative estimate of drug-likeness (QED) is 0.318. The fourth-order valence-electron chi connectivity index (χ4n) is 3.89. The van der Waals surface area contributed by atoms with E-state index in [0.717, 1.165) is 24.8 Å². The van der Waals surface area contributed by atoms with Gasteiger partial charge in [0.2, 0.25) is 5.91 Å². The number of allylic oxidation sites excluding steroid dienone is 1. The Morgan fingerprint density at radius 3 is 2.61 bits per heavy atom. The molecule has 2 atom stereocenters. The number of carbonyl (C=O) groups is 2. The highest BCUT2D eigenvalue weighted by molar-refractivity contribution is 6.43. The SMILES string of the molecule is CC(C)C=C(C#N)C(=O)N1CCCC[C@H]1CCC(=O)NC(Cc1ccccc1)B(O)O. The molecule has 1 aliphatic rings. The average Bonchev–Trinajstić information content (AvgIpc) is 2.75. The maximum atomic E-state index is 12.9. The molecule has 1 saturated heterocycles. The Morgan fingerprint density at radius 2 is 2.00 bits per heavy atom. The summed E-state index contributed by atoms with van der Waals surface area (Å²) in [5, 5.41) is 31.4. The molecule has 0 aliphatic carbocycles. The number of piperidine rings is 1. The lowest BCUT2D eigenvalue weighted by atomic mass is 9.76. The zero-order valence-electron chi connectivity index (χ0n) is 18.3. The van der Waals surface area contributed by atoms with Crippen LogP contribution in [0, 0.1) is 17.2 Å². The van der Waals surface area contributed by atoms with Crippen molar-refractivity contribution in [3.8, 4) is 6.07 Å². The van der Waals surface area contributed by atoms with Crippen molar-refractivity contribution in [1.82, 2.24) is 10.2 Å². The van der Waals surface area contributed by atoms with E-state index >= 15 is 0 Å². The lowest BCUT2D eigenvalue weighted by molar-refractivity contribution is -0.131. The molecule has 0 spiro atoms. The van der Waals surface area contributed by atoms with Gasteiger partial charge in [-0.25, -0.2) is 0 Å². The summed E-state index contributed by atoms with van der Waals surface area (Å²) in [6.07, 6.45) is 5.26. The van der Waals surface area contributed by atoms with E-state index in [1.54, 1.807) is 11.0 Å². The highest BCUT2D eigenvalue weighted by Crippen LogP contribution is 2.23. The highest BCUT2D eigenvalue weighted by atomic mass is 16.4. The molecule has 8 heteroatoms. The van der Waals surface area contributed by atoms with Crippen molar-refractivity contribution in [3.05, 3.63) is 47.5 Å². The van der Waals surface area contributed by atoms with Crippen LogP contribution in [0.3, 0.4) is 0 Å². The second kappa shape index (κ2) is 12.3. The van der Waals surface area contributed by atoms with Crippen LogP contribution in [-0.2, 0) is 16.0 Å². The van der Waals surface area contributed by atoms with E-state index in [2.05, 4.69) is 5.32 Å². The number of benzene rings is 1. The van der Waals surface area contributed by atoms with E-state index in [4.69, 9.17) is 0 Å². The van der Waals surface area contributed by atoms with Crippen LogP contribution < -0.4 is 5.32 Å². The van der Waals surface area contributed by atoms with Gasteiger partial charge in [0.1, 0.15) is 11.6 Å². The minimum Gasteiger partial charge on any atom is -0.426 e. The van der Waals surface area contributed by atoms with Crippen LogP contribution in [0.4, 0.5) is 0 Å². The zero-order valence-corrected chi connectivity index (χ0v) is 18.3. The number of nitrogens with zero attached hydrogens (tertiary/aromatic N) is 2. The smallest absolute Gasteiger partial charge is 0.426 e. The van der Waals surface area contributed by atoms with Gasteiger partial charge in [-0.05, 0) is 43.6 Å². The Bertz CT molecular complexity index is 805. The first-order valence-corrected chi connectivity index (χ1v) is 10.9. The number of carbonyl (C=O) groups excluding carboxylic acids is 2. The van der Waals surface area contributed by atoms with Gasteiger partial charge < -0.3 is 20.3 Å². The van der Waals surface area contributed by atoms with Gasteiger partial charge in [-0.3, -0.25) is 9.59 Å². The molecule has 1 unspecified atom stereocenters. The van der Waals surface area contributed by atoms with Crippen molar-refractivity contribution < 1.29 is 19.6 Å². The fraction of sp³-hybridized carbons (Fsp3) is 0.522. The lowest BCUT2D eigenvalue weighted by Gasteiger charge is -2.35. The van der Waals surface area contributed by atoms with Gasteiger partial charge in [0.25, 0.3) is 5.91 Å². The van der Waals surface area contributed by atoms with E-state index < -0.39 is 13.1 Å². The summed E-state index contributed by atoms with van der Waals surface area (Å²) in [6, 6.07) is 11.2. The monoisotopic (exact) mass is 425 g/mol. The van der Waals surface area contributed by atoms with Crippen molar-refractivity contribution in [3.63, 3.8) is 0 Å². The number of nitriles is 1.